The van der Waals surface area contributed by atoms with Crippen molar-refractivity contribution in [3.05, 3.63) is 36.4 Å². The van der Waals surface area contributed by atoms with Crippen LogP contribution in [0, 0.1) is 0 Å². The van der Waals surface area contributed by atoms with Gasteiger partial charge < -0.3 is 23.7 Å². The third-order valence-corrected chi connectivity index (χ3v) is 4.80. The average Bonchev–Trinajstić information content (AvgIpc) is 3.24. The predicted octanol–water partition coefficient (Wildman–Crippen LogP) is 1.37. The van der Waals surface area contributed by atoms with Crippen molar-refractivity contribution in [2.75, 3.05) is 54.1 Å². The Morgan fingerprint density at radius 3 is 2.19 bits per heavy atom. The molecule has 2 heterocycles. The minimum atomic E-state index is -0.0245. The van der Waals surface area contributed by atoms with Crippen LogP contribution in [0.4, 0.5) is 0 Å². The minimum Gasteiger partial charge on any atom is -0.493 e. The summed E-state index contributed by atoms with van der Waals surface area (Å²) in [4.78, 5) is 21.2. The Morgan fingerprint density at radius 2 is 1.67 bits per heavy atom. The molecule has 1 saturated heterocycles. The number of carbonyl (C=O) groups excluding carboxylic acids is 1. The van der Waals surface area contributed by atoms with Crippen LogP contribution in [0.1, 0.15) is 10.4 Å². The molecule has 0 spiro atoms. The first-order chi connectivity index (χ1) is 13.2. The molecule has 1 fully saturated rings. The van der Waals surface area contributed by atoms with E-state index in [2.05, 4.69) is 14.5 Å². The summed E-state index contributed by atoms with van der Waals surface area (Å²) in [6.45, 7) is 4.94. The van der Waals surface area contributed by atoms with Gasteiger partial charge in [-0.25, -0.2) is 4.98 Å². The Hall–Kier alpha value is -2.74. The summed E-state index contributed by atoms with van der Waals surface area (Å²) in [6.07, 6.45) is 5.57. The van der Waals surface area contributed by atoms with E-state index in [9.17, 15) is 4.79 Å². The van der Waals surface area contributed by atoms with E-state index in [1.165, 1.54) is 0 Å². The van der Waals surface area contributed by atoms with Gasteiger partial charge in [0.2, 0.25) is 5.75 Å². The minimum absolute atomic E-state index is 0.0245. The quantitative estimate of drug-likeness (QED) is 0.729. The summed E-state index contributed by atoms with van der Waals surface area (Å²) in [5, 5.41) is 0. The lowest BCUT2D eigenvalue weighted by atomic mass is 10.1. The molecule has 8 nitrogen and oxygen atoms in total. The van der Waals surface area contributed by atoms with E-state index in [0.717, 1.165) is 26.2 Å². The van der Waals surface area contributed by atoms with Crippen LogP contribution in [-0.4, -0.2) is 79.3 Å². The van der Waals surface area contributed by atoms with E-state index in [4.69, 9.17) is 14.2 Å². The molecule has 3 rings (SSSR count). The molecule has 0 aliphatic carbocycles. The van der Waals surface area contributed by atoms with Crippen LogP contribution in [-0.2, 0) is 6.54 Å². The number of piperazine rings is 1. The van der Waals surface area contributed by atoms with Crippen molar-refractivity contribution >= 4 is 5.91 Å². The molecule has 1 amide bonds. The lowest BCUT2D eigenvalue weighted by Gasteiger charge is -2.35. The molecule has 0 radical (unpaired) electrons. The van der Waals surface area contributed by atoms with Crippen molar-refractivity contribution in [1.29, 1.82) is 0 Å². The van der Waals surface area contributed by atoms with Crippen molar-refractivity contribution in [2.24, 2.45) is 0 Å². The monoisotopic (exact) mass is 374 g/mol. The fourth-order valence-corrected chi connectivity index (χ4v) is 3.24. The zero-order valence-electron chi connectivity index (χ0n) is 16.1. The number of benzene rings is 1. The summed E-state index contributed by atoms with van der Waals surface area (Å²) in [6, 6.07) is 3.41. The predicted molar refractivity (Wildman–Crippen MR) is 101 cm³/mol. The molecule has 0 bridgehead atoms. The Labute approximate surface area is 159 Å². The fraction of sp³-hybridized carbons (Fsp3) is 0.474. The van der Waals surface area contributed by atoms with Gasteiger partial charge in [-0.15, -0.1) is 0 Å². The van der Waals surface area contributed by atoms with Crippen LogP contribution >= 0.6 is 0 Å². The molecule has 0 saturated carbocycles. The number of hydrogen-bond acceptors (Lipinski definition) is 6. The molecule has 1 aromatic carbocycles. The van der Waals surface area contributed by atoms with Crippen LogP contribution in [0.5, 0.6) is 17.2 Å². The highest BCUT2D eigenvalue weighted by Gasteiger charge is 2.24. The number of rotatable bonds is 7. The SMILES string of the molecule is COc1cc(C(=O)N2CCN(CCn3ccnc3)CC2)cc(OC)c1OC. The van der Waals surface area contributed by atoms with E-state index in [1.54, 1.807) is 39.7 Å². The van der Waals surface area contributed by atoms with Crippen molar-refractivity contribution in [3.63, 3.8) is 0 Å². The second-order valence-corrected chi connectivity index (χ2v) is 6.35. The van der Waals surface area contributed by atoms with Crippen molar-refractivity contribution in [2.45, 2.75) is 6.54 Å². The van der Waals surface area contributed by atoms with E-state index < -0.39 is 0 Å². The average molecular weight is 374 g/mol. The van der Waals surface area contributed by atoms with E-state index in [-0.39, 0.29) is 5.91 Å². The van der Waals surface area contributed by atoms with E-state index in [1.807, 2.05) is 17.4 Å². The maximum Gasteiger partial charge on any atom is 0.254 e. The number of nitrogens with zero attached hydrogens (tertiary/aromatic N) is 4. The van der Waals surface area contributed by atoms with Crippen LogP contribution in [0.15, 0.2) is 30.9 Å². The number of aromatic nitrogens is 2. The molecule has 2 aromatic rings. The standard InChI is InChI=1S/C19H26N4O4/c1-25-16-12-15(13-17(26-2)18(16)27-3)19(24)23-10-8-21(9-11-23)6-7-22-5-4-20-14-22/h4-5,12-14H,6-11H2,1-3H3. The van der Waals surface area contributed by atoms with Crippen LogP contribution in [0.2, 0.25) is 0 Å². The summed E-state index contributed by atoms with van der Waals surface area (Å²) in [5.74, 6) is 1.43. The van der Waals surface area contributed by atoms with Gasteiger partial charge in [0.25, 0.3) is 5.91 Å². The lowest BCUT2D eigenvalue weighted by molar-refractivity contribution is 0.0632. The number of ether oxygens (including phenoxy) is 3. The lowest BCUT2D eigenvalue weighted by Crippen LogP contribution is -2.49. The van der Waals surface area contributed by atoms with Gasteiger partial charge in [0, 0.05) is 57.2 Å². The van der Waals surface area contributed by atoms with Gasteiger partial charge in [0.1, 0.15) is 0 Å². The van der Waals surface area contributed by atoms with Gasteiger partial charge in [0.05, 0.1) is 27.7 Å². The normalized spacial score (nSPS) is 14.9. The molecule has 27 heavy (non-hydrogen) atoms. The summed E-state index contributed by atoms with van der Waals surface area (Å²) >= 11 is 0. The third kappa shape index (κ3) is 4.33. The fourth-order valence-electron chi connectivity index (χ4n) is 3.24. The first kappa shape index (κ1) is 19.0. The second kappa shape index (κ2) is 8.77. The molecule has 8 heteroatoms. The molecule has 0 atom stereocenters. The van der Waals surface area contributed by atoms with Crippen molar-refractivity contribution in [1.82, 2.24) is 19.4 Å². The van der Waals surface area contributed by atoms with Crippen molar-refractivity contribution in [3.8, 4) is 17.2 Å². The third-order valence-electron chi connectivity index (χ3n) is 4.80. The van der Waals surface area contributed by atoms with Crippen LogP contribution < -0.4 is 14.2 Å². The van der Waals surface area contributed by atoms with Gasteiger partial charge >= 0.3 is 0 Å². The van der Waals surface area contributed by atoms with Gasteiger partial charge in [-0.1, -0.05) is 0 Å². The number of methoxy groups -OCH3 is 3. The molecule has 146 valence electrons. The van der Waals surface area contributed by atoms with Gasteiger partial charge in [-0.2, -0.15) is 0 Å². The first-order valence-corrected chi connectivity index (χ1v) is 8.93. The van der Waals surface area contributed by atoms with Crippen LogP contribution in [0.25, 0.3) is 0 Å². The maximum atomic E-state index is 12.9. The first-order valence-electron chi connectivity index (χ1n) is 8.93. The maximum absolute atomic E-state index is 12.9. The molecule has 0 unspecified atom stereocenters. The molecule has 1 aliphatic heterocycles. The largest absolute Gasteiger partial charge is 0.493 e. The smallest absolute Gasteiger partial charge is 0.254 e. The van der Waals surface area contributed by atoms with Gasteiger partial charge in [-0.3, -0.25) is 9.69 Å². The van der Waals surface area contributed by atoms with E-state index >= 15 is 0 Å². The number of amides is 1. The molecule has 1 aromatic heterocycles. The number of imidazole rings is 1. The highest BCUT2D eigenvalue weighted by molar-refractivity contribution is 5.95. The topological polar surface area (TPSA) is 69.1 Å². The number of carbonyl (C=O) groups is 1. The zero-order valence-corrected chi connectivity index (χ0v) is 16.1. The summed E-state index contributed by atoms with van der Waals surface area (Å²) in [5.41, 5.74) is 0.538. The highest BCUT2D eigenvalue weighted by Crippen LogP contribution is 2.38. The zero-order chi connectivity index (χ0) is 19.2. The number of hydrogen-bond donors (Lipinski definition) is 0. The Bertz CT molecular complexity index is 730. The Kier molecular flexibility index (Phi) is 6.18. The molecule has 0 N–H and O–H groups in total. The van der Waals surface area contributed by atoms with Gasteiger partial charge in [0.15, 0.2) is 11.5 Å². The van der Waals surface area contributed by atoms with E-state index in [0.29, 0.717) is 35.9 Å². The molecule has 1 aliphatic rings. The Balaban J connectivity index is 1.62. The second-order valence-electron chi connectivity index (χ2n) is 6.35. The molecular formula is C19H26N4O4. The Morgan fingerprint density at radius 1 is 1.00 bits per heavy atom. The van der Waals surface area contributed by atoms with Gasteiger partial charge in [-0.05, 0) is 12.1 Å². The molecular weight excluding hydrogens is 348 g/mol. The highest BCUT2D eigenvalue weighted by atomic mass is 16.5. The summed E-state index contributed by atoms with van der Waals surface area (Å²) in [7, 11) is 4.64. The van der Waals surface area contributed by atoms with Crippen LogP contribution in [0.3, 0.4) is 0 Å². The summed E-state index contributed by atoms with van der Waals surface area (Å²) < 4.78 is 18.1. The van der Waals surface area contributed by atoms with Crippen molar-refractivity contribution < 1.29 is 19.0 Å².